The molecular weight excluding hydrogens is 217 g/mol. The molecule has 0 radical (unpaired) electrons. The van der Waals surface area contributed by atoms with Crippen molar-refractivity contribution in [3.63, 3.8) is 0 Å². The lowest BCUT2D eigenvalue weighted by Gasteiger charge is -2.14. The second-order valence-corrected chi connectivity index (χ2v) is 4.53. The molecule has 0 bridgehead atoms. The van der Waals surface area contributed by atoms with Crippen molar-refractivity contribution in [2.24, 2.45) is 0 Å². The minimum absolute atomic E-state index is 0.235. The molecule has 0 amide bonds. The average molecular weight is 239 g/mol. The monoisotopic (exact) mass is 239 g/mol. The zero-order valence-electron chi connectivity index (χ0n) is 10.7. The Morgan fingerprint density at radius 1 is 1.35 bits per heavy atom. The topological polar surface area (TPSA) is 32.3 Å². The summed E-state index contributed by atoms with van der Waals surface area (Å²) in [7, 11) is 0. The minimum Gasteiger partial charge on any atom is -0.505 e. The molecule has 17 heavy (non-hydrogen) atoms. The number of halogens is 1. The van der Waals surface area contributed by atoms with Crippen LogP contribution in [-0.2, 0) is 6.54 Å². The van der Waals surface area contributed by atoms with E-state index in [-0.39, 0.29) is 5.75 Å². The molecule has 3 heteroatoms. The second-order valence-electron chi connectivity index (χ2n) is 4.53. The minimum atomic E-state index is -0.553. The zero-order chi connectivity index (χ0) is 12.7. The molecule has 2 nitrogen and oxygen atoms in total. The number of para-hydroxylation sites is 1. The van der Waals surface area contributed by atoms with Crippen LogP contribution in [0.15, 0.2) is 18.2 Å². The first-order valence-electron chi connectivity index (χ1n) is 6.35. The largest absolute Gasteiger partial charge is 0.505 e. The number of hydrogen-bond acceptors (Lipinski definition) is 2. The van der Waals surface area contributed by atoms with Gasteiger partial charge in [0.15, 0.2) is 11.6 Å². The smallest absolute Gasteiger partial charge is 0.165 e. The Labute approximate surface area is 103 Å². The molecule has 1 aromatic carbocycles. The van der Waals surface area contributed by atoms with E-state index in [0.29, 0.717) is 18.2 Å². The van der Waals surface area contributed by atoms with Crippen LogP contribution in [0.5, 0.6) is 5.75 Å². The van der Waals surface area contributed by atoms with E-state index in [2.05, 4.69) is 19.2 Å². The van der Waals surface area contributed by atoms with Gasteiger partial charge in [0.05, 0.1) is 0 Å². The highest BCUT2D eigenvalue weighted by molar-refractivity contribution is 5.33. The number of nitrogens with one attached hydrogen (secondary N) is 1. The van der Waals surface area contributed by atoms with Crippen molar-refractivity contribution >= 4 is 0 Å². The van der Waals surface area contributed by atoms with Gasteiger partial charge in [-0.25, -0.2) is 4.39 Å². The quantitative estimate of drug-likeness (QED) is 0.713. The Balaban J connectivity index is 2.37. The van der Waals surface area contributed by atoms with E-state index in [9.17, 15) is 9.50 Å². The van der Waals surface area contributed by atoms with Crippen LogP contribution in [0.25, 0.3) is 0 Å². The number of phenolic OH excluding ortho intramolecular Hbond substituents is 1. The highest BCUT2D eigenvalue weighted by Gasteiger charge is 2.07. The summed E-state index contributed by atoms with van der Waals surface area (Å²) in [6.45, 7) is 4.81. The number of unbranched alkanes of at least 4 members (excludes halogenated alkanes) is 2. The van der Waals surface area contributed by atoms with Crippen molar-refractivity contribution in [2.75, 3.05) is 0 Å². The average Bonchev–Trinajstić information content (AvgIpc) is 2.31. The molecule has 2 N–H and O–H groups in total. The van der Waals surface area contributed by atoms with Crippen LogP contribution >= 0.6 is 0 Å². The van der Waals surface area contributed by atoms with Gasteiger partial charge in [-0.1, -0.05) is 38.3 Å². The third-order valence-electron chi connectivity index (χ3n) is 2.95. The third-order valence-corrected chi connectivity index (χ3v) is 2.95. The van der Waals surface area contributed by atoms with Gasteiger partial charge in [0, 0.05) is 18.2 Å². The van der Waals surface area contributed by atoms with Gasteiger partial charge < -0.3 is 10.4 Å². The van der Waals surface area contributed by atoms with Crippen LogP contribution < -0.4 is 5.32 Å². The van der Waals surface area contributed by atoms with E-state index in [1.807, 2.05) is 0 Å². The molecule has 1 atom stereocenters. The van der Waals surface area contributed by atoms with Gasteiger partial charge >= 0.3 is 0 Å². The first-order chi connectivity index (χ1) is 8.15. The summed E-state index contributed by atoms with van der Waals surface area (Å²) in [6, 6.07) is 5.02. The Morgan fingerprint density at radius 2 is 2.12 bits per heavy atom. The second kappa shape index (κ2) is 7.28. The predicted molar refractivity (Wildman–Crippen MR) is 68.5 cm³/mol. The summed E-state index contributed by atoms with van der Waals surface area (Å²) >= 11 is 0. The SMILES string of the molecule is CCCCCC(C)NCc1cccc(F)c1O. The predicted octanol–water partition coefficient (Wildman–Crippen LogP) is 3.59. The van der Waals surface area contributed by atoms with Gasteiger partial charge in [0.1, 0.15) is 0 Å². The number of aromatic hydroxyl groups is 1. The molecule has 1 rings (SSSR count). The lowest BCUT2D eigenvalue weighted by Crippen LogP contribution is -2.25. The standard InChI is InChI=1S/C14H22FNO/c1-3-4-5-7-11(2)16-10-12-8-6-9-13(15)14(12)17/h6,8-9,11,16-17H,3-5,7,10H2,1-2H3. The molecule has 0 spiro atoms. The van der Waals surface area contributed by atoms with E-state index in [1.54, 1.807) is 12.1 Å². The molecule has 0 saturated carbocycles. The number of phenols is 1. The van der Waals surface area contributed by atoms with Gasteiger partial charge in [-0.2, -0.15) is 0 Å². The van der Waals surface area contributed by atoms with E-state index in [0.717, 1.165) is 6.42 Å². The summed E-state index contributed by atoms with van der Waals surface area (Å²) in [4.78, 5) is 0. The van der Waals surface area contributed by atoms with E-state index >= 15 is 0 Å². The summed E-state index contributed by atoms with van der Waals surface area (Å²) in [6.07, 6.45) is 4.79. The molecule has 96 valence electrons. The van der Waals surface area contributed by atoms with Crippen molar-refractivity contribution < 1.29 is 9.50 Å². The maximum Gasteiger partial charge on any atom is 0.165 e. The highest BCUT2D eigenvalue weighted by Crippen LogP contribution is 2.20. The zero-order valence-corrected chi connectivity index (χ0v) is 10.7. The summed E-state index contributed by atoms with van der Waals surface area (Å²) in [5, 5.41) is 12.8. The van der Waals surface area contributed by atoms with E-state index < -0.39 is 5.82 Å². The first-order valence-corrected chi connectivity index (χ1v) is 6.35. The molecule has 1 aromatic rings. The maximum atomic E-state index is 13.1. The molecule has 0 aliphatic heterocycles. The molecule has 0 fully saturated rings. The van der Waals surface area contributed by atoms with Crippen molar-refractivity contribution in [2.45, 2.75) is 52.1 Å². The highest BCUT2D eigenvalue weighted by atomic mass is 19.1. The number of benzene rings is 1. The summed E-state index contributed by atoms with van der Waals surface area (Å²) in [5.41, 5.74) is 0.618. The Morgan fingerprint density at radius 3 is 2.82 bits per heavy atom. The van der Waals surface area contributed by atoms with E-state index in [1.165, 1.54) is 25.3 Å². The van der Waals surface area contributed by atoms with Gasteiger partial charge in [0.2, 0.25) is 0 Å². The molecule has 0 aliphatic rings. The fourth-order valence-electron chi connectivity index (χ4n) is 1.79. The van der Waals surface area contributed by atoms with Crippen LogP contribution in [0.4, 0.5) is 4.39 Å². The fraction of sp³-hybridized carbons (Fsp3) is 0.571. The van der Waals surface area contributed by atoms with Gasteiger partial charge in [-0.15, -0.1) is 0 Å². The normalized spacial score (nSPS) is 12.6. The number of rotatable bonds is 7. The Bertz CT molecular complexity index is 341. The molecular formula is C14H22FNO. The lowest BCUT2D eigenvalue weighted by atomic mass is 10.1. The molecule has 0 saturated heterocycles. The van der Waals surface area contributed by atoms with Gasteiger partial charge in [-0.3, -0.25) is 0 Å². The Kier molecular flexibility index (Phi) is 5.98. The van der Waals surface area contributed by atoms with Gasteiger partial charge in [-0.05, 0) is 19.4 Å². The van der Waals surface area contributed by atoms with E-state index in [4.69, 9.17) is 0 Å². The van der Waals surface area contributed by atoms with Crippen LogP contribution in [0.3, 0.4) is 0 Å². The van der Waals surface area contributed by atoms with Gasteiger partial charge in [0.25, 0.3) is 0 Å². The van der Waals surface area contributed by atoms with Crippen molar-refractivity contribution in [3.05, 3.63) is 29.6 Å². The van der Waals surface area contributed by atoms with Crippen molar-refractivity contribution in [1.82, 2.24) is 5.32 Å². The van der Waals surface area contributed by atoms with Crippen LogP contribution in [0.1, 0.15) is 45.1 Å². The fourth-order valence-corrected chi connectivity index (χ4v) is 1.79. The van der Waals surface area contributed by atoms with Crippen molar-refractivity contribution in [1.29, 1.82) is 0 Å². The maximum absolute atomic E-state index is 13.1. The molecule has 0 heterocycles. The lowest BCUT2D eigenvalue weighted by molar-refractivity contribution is 0.417. The summed E-state index contributed by atoms with van der Waals surface area (Å²) in [5.74, 6) is -0.788. The third kappa shape index (κ3) is 4.73. The first kappa shape index (κ1) is 14.0. The molecule has 0 aliphatic carbocycles. The van der Waals surface area contributed by atoms with Crippen LogP contribution in [0.2, 0.25) is 0 Å². The van der Waals surface area contributed by atoms with Crippen LogP contribution in [0, 0.1) is 5.82 Å². The Hall–Kier alpha value is -1.09. The molecule has 1 unspecified atom stereocenters. The summed E-state index contributed by atoms with van der Waals surface area (Å²) < 4.78 is 13.1. The van der Waals surface area contributed by atoms with Crippen molar-refractivity contribution in [3.8, 4) is 5.75 Å². The van der Waals surface area contributed by atoms with Crippen LogP contribution in [-0.4, -0.2) is 11.1 Å². The number of hydrogen-bond donors (Lipinski definition) is 2. The molecule has 0 aromatic heterocycles.